The number of hydrogen-bond donors (Lipinski definition) is 3. The summed E-state index contributed by atoms with van der Waals surface area (Å²) in [5.41, 5.74) is 5.77. The minimum absolute atomic E-state index is 0.154. The number of nitrogens with two attached hydrogens (primary N) is 1. The molecule has 0 spiro atoms. The topological polar surface area (TPSA) is 75.9 Å². The Bertz CT molecular complexity index is 357. The van der Waals surface area contributed by atoms with Gasteiger partial charge in [-0.1, -0.05) is 13.8 Å². The Balaban J connectivity index is 2.44. The van der Waals surface area contributed by atoms with Gasteiger partial charge in [0.25, 0.3) is 0 Å². The first-order chi connectivity index (χ1) is 8.37. The van der Waals surface area contributed by atoms with Crippen LogP contribution in [0.5, 0.6) is 0 Å². The summed E-state index contributed by atoms with van der Waals surface area (Å²) >= 11 is 0. The lowest BCUT2D eigenvalue weighted by Gasteiger charge is -2.18. The zero-order chi connectivity index (χ0) is 13.6. The molecule has 4 N–H and O–H groups in total. The highest BCUT2D eigenvalue weighted by Crippen LogP contribution is 2.10. The van der Waals surface area contributed by atoms with E-state index in [1.165, 1.54) is 0 Å². The van der Waals surface area contributed by atoms with Crippen molar-refractivity contribution in [3.63, 3.8) is 0 Å². The quantitative estimate of drug-likeness (QED) is 0.692. The van der Waals surface area contributed by atoms with Gasteiger partial charge in [-0.05, 0) is 26.2 Å². The van der Waals surface area contributed by atoms with Crippen molar-refractivity contribution >= 4 is 11.6 Å². The van der Waals surface area contributed by atoms with Crippen molar-refractivity contribution in [3.8, 4) is 0 Å². The fraction of sp³-hybridized carbons (Fsp3) is 0.692. The third-order valence-corrected chi connectivity index (χ3v) is 2.43. The first kappa shape index (κ1) is 14.7. The average Bonchev–Trinajstić information content (AvgIpc) is 2.25. The van der Waals surface area contributed by atoms with E-state index in [1.54, 1.807) is 6.33 Å². The standard InChI is InChI=1S/C13H25N5/c1-10(2)8-16-12-7-11(17-9-18-12)15-6-5-13(3,4)14/h7,9-10H,5-6,8,14H2,1-4H3,(H2,15,16,17,18). The van der Waals surface area contributed by atoms with E-state index in [2.05, 4.69) is 34.4 Å². The third-order valence-electron chi connectivity index (χ3n) is 2.43. The lowest BCUT2D eigenvalue weighted by molar-refractivity contribution is 0.490. The highest BCUT2D eigenvalue weighted by atomic mass is 15.1. The fourth-order valence-corrected chi connectivity index (χ4v) is 1.37. The minimum atomic E-state index is -0.154. The van der Waals surface area contributed by atoms with Gasteiger partial charge in [0.1, 0.15) is 18.0 Å². The Labute approximate surface area is 110 Å². The van der Waals surface area contributed by atoms with E-state index in [-0.39, 0.29) is 5.54 Å². The second-order valence-corrected chi connectivity index (χ2v) is 5.73. The summed E-state index contributed by atoms with van der Waals surface area (Å²) in [5.74, 6) is 2.28. The monoisotopic (exact) mass is 251 g/mol. The van der Waals surface area contributed by atoms with Crippen molar-refractivity contribution < 1.29 is 0 Å². The minimum Gasteiger partial charge on any atom is -0.370 e. The van der Waals surface area contributed by atoms with Crippen molar-refractivity contribution in [2.75, 3.05) is 23.7 Å². The molecule has 0 radical (unpaired) electrons. The molecule has 1 aromatic heterocycles. The van der Waals surface area contributed by atoms with Gasteiger partial charge < -0.3 is 16.4 Å². The molecule has 0 saturated heterocycles. The molecule has 0 aromatic carbocycles. The molecule has 0 fully saturated rings. The second-order valence-electron chi connectivity index (χ2n) is 5.73. The molecular weight excluding hydrogens is 226 g/mol. The van der Waals surface area contributed by atoms with E-state index >= 15 is 0 Å². The maximum Gasteiger partial charge on any atom is 0.131 e. The highest BCUT2D eigenvalue weighted by molar-refractivity contribution is 5.46. The van der Waals surface area contributed by atoms with E-state index in [4.69, 9.17) is 5.73 Å². The lowest BCUT2D eigenvalue weighted by Crippen LogP contribution is -2.34. The molecule has 18 heavy (non-hydrogen) atoms. The number of nitrogens with zero attached hydrogens (tertiary/aromatic N) is 2. The van der Waals surface area contributed by atoms with E-state index < -0.39 is 0 Å². The predicted octanol–water partition coefficient (Wildman–Crippen LogP) is 2.08. The number of aromatic nitrogens is 2. The van der Waals surface area contributed by atoms with Crippen molar-refractivity contribution in [3.05, 3.63) is 12.4 Å². The number of hydrogen-bond acceptors (Lipinski definition) is 5. The van der Waals surface area contributed by atoms with Gasteiger partial charge in [0.2, 0.25) is 0 Å². The van der Waals surface area contributed by atoms with Crippen LogP contribution in [0.4, 0.5) is 11.6 Å². The highest BCUT2D eigenvalue weighted by Gasteiger charge is 2.09. The average molecular weight is 251 g/mol. The second kappa shape index (κ2) is 6.54. The van der Waals surface area contributed by atoms with Crippen LogP contribution in [0.1, 0.15) is 34.1 Å². The van der Waals surface area contributed by atoms with Crippen LogP contribution in [-0.2, 0) is 0 Å². The van der Waals surface area contributed by atoms with E-state index in [0.717, 1.165) is 31.1 Å². The van der Waals surface area contributed by atoms with Crippen LogP contribution in [0.25, 0.3) is 0 Å². The summed E-state index contributed by atoms with van der Waals surface area (Å²) in [6.45, 7) is 10.1. The summed E-state index contributed by atoms with van der Waals surface area (Å²) in [6, 6.07) is 1.92. The molecule has 1 heterocycles. The van der Waals surface area contributed by atoms with Gasteiger partial charge in [-0.2, -0.15) is 0 Å². The van der Waals surface area contributed by atoms with Gasteiger partial charge in [-0.25, -0.2) is 9.97 Å². The summed E-state index contributed by atoms with van der Waals surface area (Å²) < 4.78 is 0. The zero-order valence-electron chi connectivity index (χ0n) is 11.8. The maximum absolute atomic E-state index is 5.93. The van der Waals surface area contributed by atoms with Crippen LogP contribution in [0, 0.1) is 5.92 Å². The van der Waals surface area contributed by atoms with Crippen LogP contribution >= 0.6 is 0 Å². The maximum atomic E-state index is 5.93. The molecule has 5 heteroatoms. The predicted molar refractivity (Wildman–Crippen MR) is 76.7 cm³/mol. The summed E-state index contributed by atoms with van der Waals surface area (Å²) in [5, 5.41) is 6.53. The summed E-state index contributed by atoms with van der Waals surface area (Å²) in [7, 11) is 0. The fourth-order valence-electron chi connectivity index (χ4n) is 1.37. The number of anilines is 2. The van der Waals surface area contributed by atoms with Crippen molar-refractivity contribution in [2.45, 2.75) is 39.7 Å². The van der Waals surface area contributed by atoms with E-state index in [9.17, 15) is 0 Å². The molecule has 5 nitrogen and oxygen atoms in total. The van der Waals surface area contributed by atoms with Crippen LogP contribution in [0.2, 0.25) is 0 Å². The Hall–Kier alpha value is -1.36. The van der Waals surface area contributed by atoms with Crippen molar-refractivity contribution in [1.29, 1.82) is 0 Å². The lowest BCUT2D eigenvalue weighted by atomic mass is 10.0. The van der Waals surface area contributed by atoms with Gasteiger partial charge in [0.05, 0.1) is 0 Å². The third kappa shape index (κ3) is 6.39. The van der Waals surface area contributed by atoms with Gasteiger partial charge in [0.15, 0.2) is 0 Å². The number of nitrogens with one attached hydrogen (secondary N) is 2. The summed E-state index contributed by atoms with van der Waals surface area (Å²) in [4.78, 5) is 8.36. The van der Waals surface area contributed by atoms with E-state index in [0.29, 0.717) is 5.92 Å². The van der Waals surface area contributed by atoms with Crippen molar-refractivity contribution in [2.24, 2.45) is 11.7 Å². The molecule has 0 aliphatic rings. The largest absolute Gasteiger partial charge is 0.370 e. The molecule has 102 valence electrons. The van der Waals surface area contributed by atoms with Gasteiger partial charge in [-0.15, -0.1) is 0 Å². The van der Waals surface area contributed by atoms with E-state index in [1.807, 2.05) is 19.9 Å². The zero-order valence-corrected chi connectivity index (χ0v) is 11.8. The van der Waals surface area contributed by atoms with Gasteiger partial charge >= 0.3 is 0 Å². The summed E-state index contributed by atoms with van der Waals surface area (Å²) in [6.07, 6.45) is 2.46. The molecule has 0 saturated carbocycles. The molecule has 0 amide bonds. The molecule has 0 aliphatic carbocycles. The molecule has 0 bridgehead atoms. The SMILES string of the molecule is CC(C)CNc1cc(NCCC(C)(C)N)ncn1. The molecular formula is C13H25N5. The van der Waals surface area contributed by atoms with Crippen LogP contribution < -0.4 is 16.4 Å². The number of rotatable bonds is 7. The van der Waals surface area contributed by atoms with Gasteiger partial charge in [0, 0.05) is 24.7 Å². The molecule has 0 aliphatic heterocycles. The van der Waals surface area contributed by atoms with Crippen LogP contribution in [-0.4, -0.2) is 28.6 Å². The Morgan fingerprint density at radius 2 is 1.83 bits per heavy atom. The first-order valence-electron chi connectivity index (χ1n) is 6.45. The van der Waals surface area contributed by atoms with Crippen molar-refractivity contribution in [1.82, 2.24) is 9.97 Å². The Kier molecular flexibility index (Phi) is 5.34. The van der Waals surface area contributed by atoms with Crippen LogP contribution in [0.15, 0.2) is 12.4 Å². The molecule has 0 atom stereocenters. The molecule has 1 aromatic rings. The Morgan fingerprint density at radius 3 is 2.39 bits per heavy atom. The molecule has 1 rings (SSSR count). The first-order valence-corrected chi connectivity index (χ1v) is 6.45. The van der Waals surface area contributed by atoms with Crippen LogP contribution in [0.3, 0.4) is 0 Å². The normalized spacial score (nSPS) is 11.7. The smallest absolute Gasteiger partial charge is 0.131 e. The van der Waals surface area contributed by atoms with Gasteiger partial charge in [-0.3, -0.25) is 0 Å². The Morgan fingerprint density at radius 1 is 1.22 bits per heavy atom. The molecule has 0 unspecified atom stereocenters.